The van der Waals surface area contributed by atoms with Gasteiger partial charge in [-0.05, 0) is 0 Å². The highest BCUT2D eigenvalue weighted by atomic mass is 19.0. The summed E-state index contributed by atoms with van der Waals surface area (Å²) >= 11 is 0. The van der Waals surface area contributed by atoms with Crippen molar-refractivity contribution in [3.63, 3.8) is 0 Å². The lowest BCUT2D eigenvalue weighted by molar-refractivity contribution is 1.11. The van der Waals surface area contributed by atoms with Crippen molar-refractivity contribution in [1.29, 1.82) is 0 Å². The van der Waals surface area contributed by atoms with Gasteiger partial charge < -0.3 is 6.15 Å². The van der Waals surface area contributed by atoms with Gasteiger partial charge in [0.1, 0.15) is 0 Å². The number of benzene rings is 1. The van der Waals surface area contributed by atoms with Crippen molar-refractivity contribution in [3.05, 3.63) is 36.4 Å². The minimum Gasteiger partial charge on any atom is -0.344 e. The zero-order valence-corrected chi connectivity index (χ0v) is 5.80. The SMILES string of the molecule is F.F.F.F.N.c1ccccc1. The molecule has 0 saturated heterocycles. The van der Waals surface area contributed by atoms with Crippen LogP contribution < -0.4 is 6.15 Å². The van der Waals surface area contributed by atoms with Crippen molar-refractivity contribution in [3.8, 4) is 0 Å². The highest BCUT2D eigenvalue weighted by Crippen LogP contribution is 1.79. The second-order valence-electron chi connectivity index (χ2n) is 1.15. The van der Waals surface area contributed by atoms with Gasteiger partial charge in [0, 0.05) is 0 Å². The Morgan fingerprint density at radius 3 is 0.545 bits per heavy atom. The van der Waals surface area contributed by atoms with E-state index in [9.17, 15) is 0 Å². The van der Waals surface area contributed by atoms with Gasteiger partial charge in [-0.2, -0.15) is 0 Å². The number of rotatable bonds is 0. The van der Waals surface area contributed by atoms with Crippen LogP contribution in [-0.4, -0.2) is 0 Å². The Balaban J connectivity index is -0.0000000240. The predicted octanol–water partition coefficient (Wildman–Crippen LogP) is 2.46. The summed E-state index contributed by atoms with van der Waals surface area (Å²) in [6, 6.07) is 12.0. The maximum Gasteiger partial charge on any atom is -0.0623 e. The minimum atomic E-state index is 0. The molecule has 11 heavy (non-hydrogen) atoms. The van der Waals surface area contributed by atoms with E-state index in [2.05, 4.69) is 0 Å². The third-order valence-corrected chi connectivity index (χ3v) is 0.667. The molecule has 1 rings (SSSR count). The second-order valence-corrected chi connectivity index (χ2v) is 1.15. The third-order valence-electron chi connectivity index (χ3n) is 0.667. The van der Waals surface area contributed by atoms with Gasteiger partial charge in [0.25, 0.3) is 0 Å². The van der Waals surface area contributed by atoms with Gasteiger partial charge in [-0.1, -0.05) is 36.4 Å². The van der Waals surface area contributed by atoms with E-state index in [1.165, 1.54) is 0 Å². The molecule has 3 N–H and O–H groups in total. The van der Waals surface area contributed by atoms with Crippen LogP contribution in [0.2, 0.25) is 0 Å². The Bertz CT molecular complexity index is 86.5. The minimum absolute atomic E-state index is 0. The molecule has 0 aliphatic rings. The molecular formula is C6H13F4N. The van der Waals surface area contributed by atoms with Crippen LogP contribution in [0, 0.1) is 0 Å². The van der Waals surface area contributed by atoms with Crippen LogP contribution >= 0.6 is 0 Å². The molecule has 1 nitrogen and oxygen atoms in total. The lowest BCUT2D eigenvalue weighted by atomic mass is 10.4. The molecule has 0 atom stereocenters. The third kappa shape index (κ3) is 17.6. The molecule has 0 aliphatic carbocycles. The average Bonchev–Trinajstić information content (AvgIpc) is 1.72. The monoisotopic (exact) mass is 175 g/mol. The Morgan fingerprint density at radius 1 is 0.364 bits per heavy atom. The Hall–Kier alpha value is -1.10. The van der Waals surface area contributed by atoms with Gasteiger partial charge >= 0.3 is 0 Å². The Kier molecular flexibility index (Phi) is 68.7. The quantitative estimate of drug-likeness (QED) is 0.604. The van der Waals surface area contributed by atoms with E-state index in [0.717, 1.165) is 0 Å². The van der Waals surface area contributed by atoms with Gasteiger partial charge in [0.15, 0.2) is 0 Å². The molecule has 0 saturated carbocycles. The molecule has 0 heterocycles. The van der Waals surface area contributed by atoms with Crippen molar-refractivity contribution in [2.45, 2.75) is 0 Å². The maximum atomic E-state index is 2.00. The lowest BCUT2D eigenvalue weighted by Crippen LogP contribution is -1.47. The molecule has 0 bridgehead atoms. The van der Waals surface area contributed by atoms with E-state index in [1.807, 2.05) is 36.4 Å². The fourth-order valence-corrected chi connectivity index (χ4v) is 0.385. The summed E-state index contributed by atoms with van der Waals surface area (Å²) in [4.78, 5) is 0. The van der Waals surface area contributed by atoms with E-state index in [1.54, 1.807) is 0 Å². The highest BCUT2D eigenvalue weighted by molar-refractivity contribution is 4.99. The molecule has 0 unspecified atom stereocenters. The summed E-state index contributed by atoms with van der Waals surface area (Å²) in [5.41, 5.74) is 0. The highest BCUT2D eigenvalue weighted by Gasteiger charge is 1.57. The summed E-state index contributed by atoms with van der Waals surface area (Å²) in [7, 11) is 0. The first-order chi connectivity index (χ1) is 3.00. The molecule has 0 aromatic heterocycles. The van der Waals surface area contributed by atoms with Crippen LogP contribution in [0.25, 0.3) is 0 Å². The van der Waals surface area contributed by atoms with E-state index >= 15 is 0 Å². The molecule has 0 fully saturated rings. The topological polar surface area (TPSA) is 35.0 Å². The van der Waals surface area contributed by atoms with E-state index < -0.39 is 0 Å². The first-order valence-corrected chi connectivity index (χ1v) is 2.00. The first kappa shape index (κ1) is 32.7. The predicted molar refractivity (Wildman–Crippen MR) is 41.5 cm³/mol. The molecule has 0 amide bonds. The number of hydrogen-bond donors (Lipinski definition) is 1. The van der Waals surface area contributed by atoms with Crippen LogP contribution in [0.15, 0.2) is 36.4 Å². The molecule has 1 aromatic rings. The van der Waals surface area contributed by atoms with E-state index in [4.69, 9.17) is 0 Å². The van der Waals surface area contributed by atoms with Gasteiger partial charge in [0.05, 0.1) is 0 Å². The van der Waals surface area contributed by atoms with Crippen molar-refractivity contribution in [2.24, 2.45) is 0 Å². The van der Waals surface area contributed by atoms with Crippen molar-refractivity contribution in [1.82, 2.24) is 6.15 Å². The van der Waals surface area contributed by atoms with Crippen LogP contribution in [0.5, 0.6) is 0 Å². The average molecular weight is 175 g/mol. The van der Waals surface area contributed by atoms with Crippen LogP contribution in [0.4, 0.5) is 18.8 Å². The summed E-state index contributed by atoms with van der Waals surface area (Å²) in [6.45, 7) is 0. The van der Waals surface area contributed by atoms with E-state index in [0.29, 0.717) is 0 Å². The lowest BCUT2D eigenvalue weighted by Gasteiger charge is -1.69. The van der Waals surface area contributed by atoms with Crippen LogP contribution in [0.3, 0.4) is 0 Å². The van der Waals surface area contributed by atoms with Crippen molar-refractivity contribution < 1.29 is 18.8 Å². The molecule has 70 valence electrons. The molecule has 1 aromatic carbocycles. The van der Waals surface area contributed by atoms with Crippen molar-refractivity contribution >= 4 is 0 Å². The zero-order chi connectivity index (χ0) is 4.24. The fourth-order valence-electron chi connectivity index (χ4n) is 0.385. The smallest absolute Gasteiger partial charge is 0.0623 e. The number of hydrogen-bond acceptors (Lipinski definition) is 1. The molecule has 5 heteroatoms. The molecule has 0 radical (unpaired) electrons. The summed E-state index contributed by atoms with van der Waals surface area (Å²) in [6.07, 6.45) is 0. The maximum absolute atomic E-state index is 2.00. The number of halogens is 4. The summed E-state index contributed by atoms with van der Waals surface area (Å²) in [5, 5.41) is 0. The summed E-state index contributed by atoms with van der Waals surface area (Å²) < 4.78 is 0. The van der Waals surface area contributed by atoms with Crippen LogP contribution in [-0.2, 0) is 0 Å². The Morgan fingerprint density at radius 2 is 0.455 bits per heavy atom. The fraction of sp³-hybridized carbons (Fsp3) is 0. The molecular weight excluding hydrogens is 162 g/mol. The molecule has 0 aliphatic heterocycles. The van der Waals surface area contributed by atoms with Gasteiger partial charge in [-0.15, -0.1) is 0 Å². The van der Waals surface area contributed by atoms with Crippen molar-refractivity contribution in [2.75, 3.05) is 0 Å². The second kappa shape index (κ2) is 23.1. The van der Waals surface area contributed by atoms with E-state index in [-0.39, 0.29) is 25.0 Å². The summed E-state index contributed by atoms with van der Waals surface area (Å²) in [5.74, 6) is 0. The normalized spacial score (nSPS) is 4.36. The zero-order valence-electron chi connectivity index (χ0n) is 5.80. The van der Waals surface area contributed by atoms with Gasteiger partial charge in [-0.3, -0.25) is 18.8 Å². The molecule has 0 spiro atoms. The standard InChI is InChI=1S/C6H6.4FH.H3N/c1-2-4-6-5-3-1;;;;;/h1-6H;4*1H;1H3. The van der Waals surface area contributed by atoms with Gasteiger partial charge in [0.2, 0.25) is 0 Å². The first-order valence-electron chi connectivity index (χ1n) is 2.00. The Labute approximate surface area is 62.5 Å². The van der Waals surface area contributed by atoms with Crippen LogP contribution in [0.1, 0.15) is 0 Å². The van der Waals surface area contributed by atoms with Gasteiger partial charge in [-0.25, -0.2) is 0 Å². The largest absolute Gasteiger partial charge is 0.344 e.